The van der Waals surface area contributed by atoms with E-state index in [2.05, 4.69) is 4.72 Å². The average molecular weight is 307 g/mol. The Labute approximate surface area is 124 Å². The Morgan fingerprint density at radius 2 is 1.81 bits per heavy atom. The molecular weight excluding hydrogens is 289 g/mol. The molecule has 0 bridgehead atoms. The van der Waals surface area contributed by atoms with E-state index >= 15 is 0 Å². The molecule has 0 radical (unpaired) electrons. The summed E-state index contributed by atoms with van der Waals surface area (Å²) < 4.78 is 39.9. The molecule has 5 heteroatoms. The smallest absolute Gasteiger partial charge is 0.211 e. The molecule has 1 N–H and O–H groups in total. The standard InChI is InChI=1S/C16H18FNO2S/c1-13-12-15(17)9-10-16(13)21(19,20)18-11-5-8-14-6-3-2-4-7-14/h2-4,6-7,9-10,12,18H,5,8,11H2,1H3. The zero-order valence-electron chi connectivity index (χ0n) is 11.8. The number of aryl methyl sites for hydroxylation is 2. The van der Waals surface area contributed by atoms with Crippen LogP contribution in [0.2, 0.25) is 0 Å². The van der Waals surface area contributed by atoms with E-state index in [4.69, 9.17) is 0 Å². The summed E-state index contributed by atoms with van der Waals surface area (Å²) in [6.07, 6.45) is 1.52. The van der Waals surface area contributed by atoms with Gasteiger partial charge in [0.15, 0.2) is 0 Å². The van der Waals surface area contributed by atoms with Crippen LogP contribution in [0.15, 0.2) is 53.4 Å². The fourth-order valence-electron chi connectivity index (χ4n) is 2.14. The van der Waals surface area contributed by atoms with Crippen LogP contribution in [0, 0.1) is 12.7 Å². The molecule has 0 aliphatic heterocycles. The highest BCUT2D eigenvalue weighted by Crippen LogP contribution is 2.15. The number of halogens is 1. The van der Waals surface area contributed by atoms with Gasteiger partial charge in [0.25, 0.3) is 0 Å². The molecular formula is C16H18FNO2S. The SMILES string of the molecule is Cc1cc(F)ccc1S(=O)(=O)NCCCc1ccccc1. The zero-order valence-corrected chi connectivity index (χ0v) is 12.7. The van der Waals surface area contributed by atoms with E-state index in [1.165, 1.54) is 17.7 Å². The predicted molar refractivity (Wildman–Crippen MR) is 81.1 cm³/mol. The van der Waals surface area contributed by atoms with E-state index in [1.54, 1.807) is 6.92 Å². The Morgan fingerprint density at radius 1 is 1.10 bits per heavy atom. The maximum atomic E-state index is 13.0. The zero-order chi connectivity index (χ0) is 15.3. The van der Waals surface area contributed by atoms with Crippen LogP contribution in [-0.4, -0.2) is 15.0 Å². The summed E-state index contributed by atoms with van der Waals surface area (Å²) >= 11 is 0. The highest BCUT2D eigenvalue weighted by molar-refractivity contribution is 7.89. The monoisotopic (exact) mass is 307 g/mol. The largest absolute Gasteiger partial charge is 0.240 e. The minimum atomic E-state index is -3.58. The number of hydrogen-bond acceptors (Lipinski definition) is 2. The molecule has 21 heavy (non-hydrogen) atoms. The van der Waals surface area contributed by atoms with Crippen LogP contribution in [0.3, 0.4) is 0 Å². The van der Waals surface area contributed by atoms with Gasteiger partial charge in [0.05, 0.1) is 4.90 Å². The van der Waals surface area contributed by atoms with Gasteiger partial charge >= 0.3 is 0 Å². The molecule has 0 aromatic heterocycles. The van der Waals surface area contributed by atoms with Crippen molar-refractivity contribution in [2.75, 3.05) is 6.54 Å². The Hall–Kier alpha value is -1.72. The average Bonchev–Trinajstić information content (AvgIpc) is 2.44. The van der Waals surface area contributed by atoms with Gasteiger partial charge in [-0.25, -0.2) is 17.5 Å². The van der Waals surface area contributed by atoms with Crippen LogP contribution in [-0.2, 0) is 16.4 Å². The van der Waals surface area contributed by atoms with E-state index in [0.29, 0.717) is 18.5 Å². The van der Waals surface area contributed by atoms with Gasteiger partial charge in [-0.3, -0.25) is 0 Å². The Bertz CT molecular complexity index is 699. The summed E-state index contributed by atoms with van der Waals surface area (Å²) in [4.78, 5) is 0.128. The minimum Gasteiger partial charge on any atom is -0.211 e. The first-order chi connectivity index (χ1) is 9.99. The molecule has 0 spiro atoms. The van der Waals surface area contributed by atoms with Gasteiger partial charge in [-0.15, -0.1) is 0 Å². The summed E-state index contributed by atoms with van der Waals surface area (Å²) in [5, 5.41) is 0. The van der Waals surface area contributed by atoms with E-state index in [0.717, 1.165) is 12.5 Å². The lowest BCUT2D eigenvalue weighted by molar-refractivity contribution is 0.577. The van der Waals surface area contributed by atoms with E-state index in [1.807, 2.05) is 30.3 Å². The maximum Gasteiger partial charge on any atom is 0.240 e. The van der Waals surface area contributed by atoms with Crippen molar-refractivity contribution in [1.29, 1.82) is 0 Å². The fraction of sp³-hybridized carbons (Fsp3) is 0.250. The first-order valence-corrected chi connectivity index (χ1v) is 8.27. The maximum absolute atomic E-state index is 13.0. The number of nitrogens with one attached hydrogen (secondary N) is 1. The lowest BCUT2D eigenvalue weighted by Gasteiger charge is -2.09. The van der Waals surface area contributed by atoms with Crippen molar-refractivity contribution in [3.63, 3.8) is 0 Å². The van der Waals surface area contributed by atoms with Crippen molar-refractivity contribution in [3.05, 3.63) is 65.5 Å². The summed E-state index contributed by atoms with van der Waals surface area (Å²) in [6.45, 7) is 1.94. The van der Waals surface area contributed by atoms with Gasteiger partial charge in [-0.1, -0.05) is 30.3 Å². The van der Waals surface area contributed by atoms with Crippen molar-refractivity contribution < 1.29 is 12.8 Å². The van der Waals surface area contributed by atoms with E-state index < -0.39 is 15.8 Å². The number of hydrogen-bond donors (Lipinski definition) is 1. The van der Waals surface area contributed by atoms with Gasteiger partial charge in [0, 0.05) is 6.54 Å². The first-order valence-electron chi connectivity index (χ1n) is 6.79. The molecule has 0 atom stereocenters. The van der Waals surface area contributed by atoms with Crippen molar-refractivity contribution in [3.8, 4) is 0 Å². The van der Waals surface area contributed by atoms with Crippen LogP contribution in [0.1, 0.15) is 17.5 Å². The lowest BCUT2D eigenvalue weighted by atomic mass is 10.1. The molecule has 0 fully saturated rings. The molecule has 2 rings (SSSR count). The second-order valence-electron chi connectivity index (χ2n) is 4.90. The molecule has 112 valence electrons. The highest BCUT2D eigenvalue weighted by Gasteiger charge is 2.16. The fourth-order valence-corrected chi connectivity index (χ4v) is 3.43. The number of benzene rings is 2. The van der Waals surface area contributed by atoms with Crippen LogP contribution in [0.25, 0.3) is 0 Å². The number of sulfonamides is 1. The molecule has 0 aliphatic rings. The quantitative estimate of drug-likeness (QED) is 0.834. The molecule has 0 aliphatic carbocycles. The van der Waals surface area contributed by atoms with Crippen molar-refractivity contribution in [1.82, 2.24) is 4.72 Å². The Kier molecular flexibility index (Phi) is 5.09. The Balaban J connectivity index is 1.92. The second-order valence-corrected chi connectivity index (χ2v) is 6.63. The summed E-state index contributed by atoms with van der Waals surface area (Å²) in [6, 6.07) is 13.6. The van der Waals surface area contributed by atoms with E-state index in [-0.39, 0.29) is 4.90 Å². The van der Waals surface area contributed by atoms with Gasteiger partial charge in [-0.2, -0.15) is 0 Å². The molecule has 0 saturated carbocycles. The molecule has 2 aromatic rings. The minimum absolute atomic E-state index is 0.128. The third kappa shape index (κ3) is 4.37. The second kappa shape index (κ2) is 6.83. The van der Waals surface area contributed by atoms with Crippen molar-refractivity contribution in [2.45, 2.75) is 24.7 Å². The van der Waals surface area contributed by atoms with Gasteiger partial charge < -0.3 is 0 Å². The normalized spacial score (nSPS) is 11.5. The van der Waals surface area contributed by atoms with Gasteiger partial charge in [0.1, 0.15) is 5.82 Å². The highest BCUT2D eigenvalue weighted by atomic mass is 32.2. The third-order valence-corrected chi connectivity index (χ3v) is 4.82. The topological polar surface area (TPSA) is 46.2 Å². The van der Waals surface area contributed by atoms with Gasteiger partial charge in [-0.05, 0) is 49.1 Å². The molecule has 2 aromatic carbocycles. The first kappa shape index (κ1) is 15.7. The van der Waals surface area contributed by atoms with Crippen LogP contribution in [0.5, 0.6) is 0 Å². The lowest BCUT2D eigenvalue weighted by Crippen LogP contribution is -2.25. The molecule has 0 heterocycles. The Morgan fingerprint density at radius 3 is 2.48 bits per heavy atom. The van der Waals surface area contributed by atoms with Crippen molar-refractivity contribution in [2.24, 2.45) is 0 Å². The number of rotatable bonds is 6. The molecule has 0 saturated heterocycles. The molecule has 0 unspecified atom stereocenters. The summed E-state index contributed by atoms with van der Waals surface area (Å²) in [7, 11) is -3.58. The van der Waals surface area contributed by atoms with Crippen LogP contribution in [0.4, 0.5) is 4.39 Å². The van der Waals surface area contributed by atoms with Crippen molar-refractivity contribution >= 4 is 10.0 Å². The molecule has 0 amide bonds. The molecule has 3 nitrogen and oxygen atoms in total. The van der Waals surface area contributed by atoms with Crippen LogP contribution < -0.4 is 4.72 Å². The van der Waals surface area contributed by atoms with Crippen LogP contribution >= 0.6 is 0 Å². The van der Waals surface area contributed by atoms with Gasteiger partial charge in [0.2, 0.25) is 10.0 Å². The summed E-state index contributed by atoms with van der Waals surface area (Å²) in [5.41, 5.74) is 1.58. The summed E-state index contributed by atoms with van der Waals surface area (Å²) in [5.74, 6) is -0.435. The van der Waals surface area contributed by atoms with E-state index in [9.17, 15) is 12.8 Å². The third-order valence-electron chi connectivity index (χ3n) is 3.20. The predicted octanol–water partition coefficient (Wildman–Crippen LogP) is 3.05.